The van der Waals surface area contributed by atoms with Crippen molar-refractivity contribution in [3.63, 3.8) is 0 Å². The van der Waals surface area contributed by atoms with Crippen molar-refractivity contribution in [2.45, 2.75) is 25.3 Å². The largest absolute Gasteiger partial charge is 0.370 e. The summed E-state index contributed by atoms with van der Waals surface area (Å²) in [6, 6.07) is -0.0788. The highest BCUT2D eigenvalue weighted by molar-refractivity contribution is 5.81. The fraction of sp³-hybridized carbons (Fsp3) is 0.800. The topological polar surface area (TPSA) is 93.5 Å². The van der Waals surface area contributed by atoms with Crippen LogP contribution in [0.5, 0.6) is 0 Å². The van der Waals surface area contributed by atoms with Crippen molar-refractivity contribution >= 4 is 11.8 Å². The minimum Gasteiger partial charge on any atom is -0.370 e. The van der Waals surface area contributed by atoms with E-state index in [2.05, 4.69) is 10.6 Å². The summed E-state index contributed by atoms with van der Waals surface area (Å²) >= 11 is 0. The molecular formula is C10H19N3O3. The van der Waals surface area contributed by atoms with Crippen molar-refractivity contribution in [2.24, 2.45) is 5.73 Å². The maximum absolute atomic E-state index is 11.6. The summed E-state index contributed by atoms with van der Waals surface area (Å²) in [5.41, 5.74) is 4.89. The second-order valence-corrected chi connectivity index (χ2v) is 3.81. The normalized spacial score (nSPS) is 20.4. The van der Waals surface area contributed by atoms with Gasteiger partial charge in [0.05, 0.1) is 12.6 Å². The van der Waals surface area contributed by atoms with Gasteiger partial charge in [-0.25, -0.2) is 0 Å². The van der Waals surface area contributed by atoms with Gasteiger partial charge in [0.2, 0.25) is 11.8 Å². The van der Waals surface area contributed by atoms with Gasteiger partial charge in [-0.2, -0.15) is 0 Å². The van der Waals surface area contributed by atoms with Crippen LogP contribution in [0, 0.1) is 0 Å². The molecule has 92 valence electrons. The van der Waals surface area contributed by atoms with Crippen LogP contribution in [0.3, 0.4) is 0 Å². The van der Waals surface area contributed by atoms with Crippen LogP contribution in [-0.2, 0) is 14.3 Å². The molecule has 1 heterocycles. The van der Waals surface area contributed by atoms with E-state index in [1.807, 2.05) is 0 Å². The zero-order valence-electron chi connectivity index (χ0n) is 9.33. The number of nitrogens with one attached hydrogen (secondary N) is 2. The van der Waals surface area contributed by atoms with Gasteiger partial charge in [-0.15, -0.1) is 0 Å². The molecule has 0 spiro atoms. The summed E-state index contributed by atoms with van der Waals surface area (Å²) in [4.78, 5) is 21.9. The van der Waals surface area contributed by atoms with Gasteiger partial charge in [0.25, 0.3) is 0 Å². The smallest absolute Gasteiger partial charge is 0.243 e. The Hall–Kier alpha value is -1.14. The van der Waals surface area contributed by atoms with Crippen molar-refractivity contribution in [3.05, 3.63) is 0 Å². The maximum atomic E-state index is 11.6. The zero-order valence-corrected chi connectivity index (χ0v) is 9.33. The lowest BCUT2D eigenvalue weighted by atomic mass is 10.0. The van der Waals surface area contributed by atoms with E-state index in [0.29, 0.717) is 13.2 Å². The van der Waals surface area contributed by atoms with Gasteiger partial charge < -0.3 is 21.1 Å². The number of nitrogens with two attached hydrogens (primary N) is 1. The first-order chi connectivity index (χ1) is 7.70. The molecule has 0 saturated carbocycles. The quantitative estimate of drug-likeness (QED) is 0.496. The summed E-state index contributed by atoms with van der Waals surface area (Å²) < 4.78 is 4.92. The van der Waals surface area contributed by atoms with Gasteiger partial charge in [0.15, 0.2) is 0 Å². The monoisotopic (exact) mass is 229 g/mol. The molecule has 0 aliphatic carbocycles. The first-order valence-corrected chi connectivity index (χ1v) is 5.57. The lowest BCUT2D eigenvalue weighted by Crippen LogP contribution is -2.47. The number of rotatable bonds is 6. The SMILES string of the molecule is NC(=O)COCCNC(=O)[C@@H]1CCCCN1. The van der Waals surface area contributed by atoms with Crippen LogP contribution < -0.4 is 16.4 Å². The molecule has 6 nitrogen and oxygen atoms in total. The molecule has 2 amide bonds. The van der Waals surface area contributed by atoms with Crippen LogP contribution >= 0.6 is 0 Å². The minimum absolute atomic E-state index is 0.00220. The molecule has 0 radical (unpaired) electrons. The Labute approximate surface area is 94.9 Å². The predicted octanol–water partition coefficient (Wildman–Crippen LogP) is -1.25. The Morgan fingerprint density at radius 3 is 2.88 bits per heavy atom. The Morgan fingerprint density at radius 1 is 1.44 bits per heavy atom. The average molecular weight is 229 g/mol. The molecule has 0 aromatic rings. The number of ether oxygens (including phenoxy) is 1. The van der Waals surface area contributed by atoms with E-state index in [1.165, 1.54) is 0 Å². The first kappa shape index (κ1) is 12.9. The second-order valence-electron chi connectivity index (χ2n) is 3.81. The number of primary amides is 1. The lowest BCUT2D eigenvalue weighted by Gasteiger charge is -2.22. The van der Waals surface area contributed by atoms with Gasteiger partial charge in [-0.3, -0.25) is 9.59 Å². The molecule has 0 bridgehead atoms. The van der Waals surface area contributed by atoms with Gasteiger partial charge in [0.1, 0.15) is 6.61 Å². The predicted molar refractivity (Wildman–Crippen MR) is 58.7 cm³/mol. The van der Waals surface area contributed by atoms with Crippen molar-refractivity contribution in [2.75, 3.05) is 26.3 Å². The Bertz CT molecular complexity index is 239. The number of hydrogen-bond donors (Lipinski definition) is 3. The van der Waals surface area contributed by atoms with Gasteiger partial charge in [0, 0.05) is 6.54 Å². The third kappa shape index (κ3) is 5.09. The van der Waals surface area contributed by atoms with Crippen LogP contribution in [0.1, 0.15) is 19.3 Å². The number of carbonyl (C=O) groups excluding carboxylic acids is 2. The molecule has 4 N–H and O–H groups in total. The highest BCUT2D eigenvalue weighted by atomic mass is 16.5. The Balaban J connectivity index is 2.03. The van der Waals surface area contributed by atoms with E-state index >= 15 is 0 Å². The third-order valence-corrected chi connectivity index (χ3v) is 2.42. The van der Waals surface area contributed by atoms with Crippen LogP contribution in [0.4, 0.5) is 0 Å². The molecule has 1 saturated heterocycles. The molecule has 0 aromatic heterocycles. The van der Waals surface area contributed by atoms with Gasteiger partial charge in [-0.05, 0) is 19.4 Å². The van der Waals surface area contributed by atoms with Crippen LogP contribution in [0.15, 0.2) is 0 Å². The number of carbonyl (C=O) groups is 2. The first-order valence-electron chi connectivity index (χ1n) is 5.57. The van der Waals surface area contributed by atoms with E-state index in [9.17, 15) is 9.59 Å². The molecule has 1 aliphatic rings. The summed E-state index contributed by atoms with van der Waals surface area (Å²) in [5, 5.41) is 5.90. The Kier molecular flexibility index (Phi) is 5.81. The summed E-state index contributed by atoms with van der Waals surface area (Å²) in [7, 11) is 0. The van der Waals surface area contributed by atoms with Gasteiger partial charge in [-0.1, -0.05) is 6.42 Å². The molecule has 0 aromatic carbocycles. The van der Waals surface area contributed by atoms with Gasteiger partial charge >= 0.3 is 0 Å². The summed E-state index contributed by atoms with van der Waals surface area (Å²) in [5.74, 6) is -0.498. The zero-order chi connectivity index (χ0) is 11.8. The number of amides is 2. The van der Waals surface area contributed by atoms with E-state index < -0.39 is 5.91 Å². The number of piperidine rings is 1. The lowest BCUT2D eigenvalue weighted by molar-refractivity contribution is -0.124. The maximum Gasteiger partial charge on any atom is 0.243 e. The molecule has 1 aliphatic heterocycles. The fourth-order valence-corrected chi connectivity index (χ4v) is 1.62. The van der Waals surface area contributed by atoms with Crippen molar-refractivity contribution < 1.29 is 14.3 Å². The minimum atomic E-state index is -0.500. The van der Waals surface area contributed by atoms with Crippen LogP contribution in [0.2, 0.25) is 0 Å². The van der Waals surface area contributed by atoms with Crippen LogP contribution in [0.25, 0.3) is 0 Å². The molecule has 1 rings (SSSR count). The van der Waals surface area contributed by atoms with E-state index in [4.69, 9.17) is 10.5 Å². The highest BCUT2D eigenvalue weighted by Crippen LogP contribution is 2.06. The van der Waals surface area contributed by atoms with Crippen LogP contribution in [-0.4, -0.2) is 44.2 Å². The van der Waals surface area contributed by atoms with E-state index in [0.717, 1.165) is 25.8 Å². The highest BCUT2D eigenvalue weighted by Gasteiger charge is 2.19. The van der Waals surface area contributed by atoms with Crippen molar-refractivity contribution in [3.8, 4) is 0 Å². The van der Waals surface area contributed by atoms with Crippen molar-refractivity contribution in [1.82, 2.24) is 10.6 Å². The van der Waals surface area contributed by atoms with E-state index in [-0.39, 0.29) is 18.6 Å². The molecule has 1 atom stereocenters. The second kappa shape index (κ2) is 7.19. The Morgan fingerprint density at radius 2 is 2.25 bits per heavy atom. The molecular weight excluding hydrogens is 210 g/mol. The van der Waals surface area contributed by atoms with Crippen molar-refractivity contribution in [1.29, 1.82) is 0 Å². The number of hydrogen-bond acceptors (Lipinski definition) is 4. The average Bonchev–Trinajstić information content (AvgIpc) is 2.29. The fourth-order valence-electron chi connectivity index (χ4n) is 1.62. The summed E-state index contributed by atoms with van der Waals surface area (Å²) in [6.45, 7) is 1.51. The molecule has 16 heavy (non-hydrogen) atoms. The standard InChI is InChI=1S/C10H19N3O3/c11-9(14)7-16-6-5-13-10(15)8-3-1-2-4-12-8/h8,12H,1-7H2,(H2,11,14)(H,13,15)/t8-/m0/s1. The third-order valence-electron chi connectivity index (χ3n) is 2.42. The summed E-state index contributed by atoms with van der Waals surface area (Å²) in [6.07, 6.45) is 3.10. The molecule has 0 unspecified atom stereocenters. The van der Waals surface area contributed by atoms with E-state index in [1.54, 1.807) is 0 Å². The molecule has 1 fully saturated rings. The molecule has 6 heteroatoms.